The van der Waals surface area contributed by atoms with Gasteiger partial charge >= 0.3 is 0 Å². The molecule has 3 aromatic rings. The summed E-state index contributed by atoms with van der Waals surface area (Å²) in [7, 11) is 0. The topological polar surface area (TPSA) is 56.7 Å². The zero-order valence-corrected chi connectivity index (χ0v) is 11.4. The number of halogens is 1. The lowest BCUT2D eigenvalue weighted by molar-refractivity contribution is 0.628. The number of pyridine rings is 1. The predicted molar refractivity (Wildman–Crippen MR) is 79.5 cm³/mol. The highest BCUT2D eigenvalue weighted by molar-refractivity contribution is 5.62. The molecule has 0 aliphatic carbocycles. The van der Waals surface area contributed by atoms with Gasteiger partial charge in [-0.2, -0.15) is 5.10 Å². The van der Waals surface area contributed by atoms with E-state index in [-0.39, 0.29) is 5.82 Å². The second-order valence-electron chi connectivity index (χ2n) is 4.67. The predicted octanol–water partition coefficient (Wildman–Crippen LogP) is 2.57. The van der Waals surface area contributed by atoms with Crippen LogP contribution in [0, 0.1) is 5.82 Å². The third-order valence-corrected chi connectivity index (χ3v) is 3.17. The number of hydrogen-bond acceptors (Lipinski definition) is 3. The van der Waals surface area contributed by atoms with Gasteiger partial charge in [-0.25, -0.2) is 14.1 Å². The van der Waals surface area contributed by atoms with Crippen molar-refractivity contribution in [2.45, 2.75) is 6.42 Å². The van der Waals surface area contributed by atoms with Crippen LogP contribution in [0.25, 0.3) is 17.1 Å². The Bertz CT molecular complexity index is 720. The van der Waals surface area contributed by atoms with E-state index >= 15 is 0 Å². The zero-order valence-electron chi connectivity index (χ0n) is 11.4. The fraction of sp³-hybridized carbons (Fsp3) is 0.125. The van der Waals surface area contributed by atoms with Gasteiger partial charge in [0.05, 0.1) is 11.4 Å². The highest BCUT2D eigenvalue weighted by Crippen LogP contribution is 2.23. The molecule has 106 valence electrons. The van der Waals surface area contributed by atoms with E-state index in [1.165, 1.54) is 12.1 Å². The summed E-state index contributed by atoms with van der Waals surface area (Å²) >= 11 is 0. The fourth-order valence-electron chi connectivity index (χ4n) is 2.18. The van der Waals surface area contributed by atoms with E-state index in [1.807, 2.05) is 24.3 Å². The number of benzene rings is 1. The van der Waals surface area contributed by atoms with Crippen LogP contribution < -0.4 is 5.73 Å². The van der Waals surface area contributed by atoms with E-state index in [2.05, 4.69) is 10.1 Å². The molecule has 3 rings (SSSR count). The van der Waals surface area contributed by atoms with Crippen molar-refractivity contribution >= 4 is 0 Å². The first-order chi connectivity index (χ1) is 10.3. The molecule has 0 radical (unpaired) electrons. The van der Waals surface area contributed by atoms with Crippen molar-refractivity contribution in [2.24, 2.45) is 5.73 Å². The molecule has 2 heterocycles. The first-order valence-corrected chi connectivity index (χ1v) is 6.74. The Labute approximate surface area is 122 Å². The van der Waals surface area contributed by atoms with Crippen molar-refractivity contribution in [1.29, 1.82) is 0 Å². The number of nitrogens with zero attached hydrogens (tertiary/aromatic N) is 3. The maximum absolute atomic E-state index is 13.1. The van der Waals surface area contributed by atoms with E-state index in [0.29, 0.717) is 13.0 Å². The zero-order chi connectivity index (χ0) is 14.7. The van der Waals surface area contributed by atoms with Crippen LogP contribution in [0.1, 0.15) is 5.69 Å². The second-order valence-corrected chi connectivity index (χ2v) is 4.67. The van der Waals surface area contributed by atoms with Crippen LogP contribution in [-0.2, 0) is 6.42 Å². The molecular formula is C16H15FN4. The molecule has 2 aromatic heterocycles. The first-order valence-electron chi connectivity index (χ1n) is 6.74. The summed E-state index contributed by atoms with van der Waals surface area (Å²) in [4.78, 5) is 4.32. The average molecular weight is 282 g/mol. The van der Waals surface area contributed by atoms with Gasteiger partial charge < -0.3 is 5.73 Å². The number of aromatic nitrogens is 3. The van der Waals surface area contributed by atoms with Gasteiger partial charge in [-0.05, 0) is 49.0 Å². The number of hydrogen-bond donors (Lipinski definition) is 1. The molecule has 0 aliphatic heterocycles. The molecule has 0 saturated carbocycles. The lowest BCUT2D eigenvalue weighted by Gasteiger charge is -2.06. The standard InChI is InChI=1S/C16H15FN4/c17-13-6-4-12(5-7-13)15-11-14(8-9-18)20-21(15)16-3-1-2-10-19-16/h1-7,10-11H,8-9,18H2. The SMILES string of the molecule is NCCc1cc(-c2ccc(F)cc2)n(-c2ccccn2)n1. The summed E-state index contributed by atoms with van der Waals surface area (Å²) in [5, 5.41) is 4.55. The molecule has 0 unspecified atom stereocenters. The van der Waals surface area contributed by atoms with E-state index < -0.39 is 0 Å². The Morgan fingerprint density at radius 1 is 1.10 bits per heavy atom. The first kappa shape index (κ1) is 13.5. The second kappa shape index (κ2) is 5.85. The Morgan fingerprint density at radius 3 is 2.57 bits per heavy atom. The van der Waals surface area contributed by atoms with Gasteiger partial charge in [-0.15, -0.1) is 0 Å². The molecule has 0 spiro atoms. The number of nitrogens with two attached hydrogens (primary N) is 1. The van der Waals surface area contributed by atoms with Gasteiger partial charge in [0.25, 0.3) is 0 Å². The lowest BCUT2D eigenvalue weighted by Crippen LogP contribution is -2.05. The number of rotatable bonds is 4. The van der Waals surface area contributed by atoms with Crippen LogP contribution in [-0.4, -0.2) is 21.3 Å². The van der Waals surface area contributed by atoms with Crippen molar-refractivity contribution in [3.63, 3.8) is 0 Å². The Balaban J connectivity index is 2.11. The molecule has 2 N–H and O–H groups in total. The maximum Gasteiger partial charge on any atom is 0.153 e. The molecule has 0 fully saturated rings. The Kier molecular flexibility index (Phi) is 3.75. The molecule has 0 aliphatic rings. The lowest BCUT2D eigenvalue weighted by atomic mass is 10.1. The van der Waals surface area contributed by atoms with Crippen molar-refractivity contribution in [3.05, 3.63) is 66.2 Å². The molecule has 0 bridgehead atoms. The average Bonchev–Trinajstić information content (AvgIpc) is 2.93. The van der Waals surface area contributed by atoms with Gasteiger partial charge in [0.2, 0.25) is 0 Å². The fourth-order valence-corrected chi connectivity index (χ4v) is 2.18. The van der Waals surface area contributed by atoms with Crippen molar-refractivity contribution < 1.29 is 4.39 Å². The quantitative estimate of drug-likeness (QED) is 0.800. The minimum atomic E-state index is -0.259. The monoisotopic (exact) mass is 282 g/mol. The van der Waals surface area contributed by atoms with Gasteiger partial charge in [0, 0.05) is 18.2 Å². The van der Waals surface area contributed by atoms with E-state index in [4.69, 9.17) is 5.73 Å². The van der Waals surface area contributed by atoms with Gasteiger partial charge in [-0.3, -0.25) is 0 Å². The molecule has 5 heteroatoms. The molecular weight excluding hydrogens is 267 g/mol. The minimum absolute atomic E-state index is 0.259. The normalized spacial score (nSPS) is 10.8. The van der Waals surface area contributed by atoms with Crippen LogP contribution in [0.15, 0.2) is 54.7 Å². The highest BCUT2D eigenvalue weighted by Gasteiger charge is 2.12. The summed E-state index contributed by atoms with van der Waals surface area (Å²) in [5.41, 5.74) is 8.25. The molecule has 0 atom stereocenters. The largest absolute Gasteiger partial charge is 0.330 e. The van der Waals surface area contributed by atoms with Crippen LogP contribution in [0.4, 0.5) is 4.39 Å². The molecule has 4 nitrogen and oxygen atoms in total. The summed E-state index contributed by atoms with van der Waals surface area (Å²) in [6, 6.07) is 13.9. The Hall–Kier alpha value is -2.53. The van der Waals surface area contributed by atoms with Gasteiger partial charge in [0.1, 0.15) is 5.82 Å². The smallest absolute Gasteiger partial charge is 0.153 e. The van der Waals surface area contributed by atoms with Crippen molar-refractivity contribution in [2.75, 3.05) is 6.54 Å². The molecule has 21 heavy (non-hydrogen) atoms. The third-order valence-electron chi connectivity index (χ3n) is 3.17. The summed E-state index contributed by atoms with van der Waals surface area (Å²) < 4.78 is 14.9. The highest BCUT2D eigenvalue weighted by atomic mass is 19.1. The summed E-state index contributed by atoms with van der Waals surface area (Å²) in [5.74, 6) is 0.463. The molecule has 1 aromatic carbocycles. The van der Waals surface area contributed by atoms with Gasteiger partial charge in [0.15, 0.2) is 5.82 Å². The van der Waals surface area contributed by atoms with E-state index in [9.17, 15) is 4.39 Å². The van der Waals surface area contributed by atoms with Crippen molar-refractivity contribution in [1.82, 2.24) is 14.8 Å². The summed E-state index contributed by atoms with van der Waals surface area (Å²) in [6.07, 6.45) is 2.40. The third kappa shape index (κ3) is 2.83. The van der Waals surface area contributed by atoms with Crippen molar-refractivity contribution in [3.8, 4) is 17.1 Å². The van der Waals surface area contributed by atoms with Crippen LogP contribution >= 0.6 is 0 Å². The van der Waals surface area contributed by atoms with Crippen LogP contribution in [0.5, 0.6) is 0 Å². The van der Waals surface area contributed by atoms with Gasteiger partial charge in [-0.1, -0.05) is 6.07 Å². The molecule has 0 saturated heterocycles. The summed E-state index contributed by atoms with van der Waals surface area (Å²) in [6.45, 7) is 0.530. The van der Waals surface area contributed by atoms with E-state index in [1.54, 1.807) is 23.0 Å². The Morgan fingerprint density at radius 2 is 1.90 bits per heavy atom. The maximum atomic E-state index is 13.1. The van der Waals surface area contributed by atoms with Crippen LogP contribution in [0.2, 0.25) is 0 Å². The van der Waals surface area contributed by atoms with E-state index in [0.717, 1.165) is 22.8 Å². The minimum Gasteiger partial charge on any atom is -0.330 e. The molecule has 0 amide bonds. The van der Waals surface area contributed by atoms with Crippen LogP contribution in [0.3, 0.4) is 0 Å².